The molecule has 0 aliphatic heterocycles. The fraction of sp³-hybridized carbons (Fsp3) is 0.378. The average Bonchev–Trinajstić information content (AvgIpc) is 1.61. The van der Waals surface area contributed by atoms with Crippen molar-refractivity contribution in [3.05, 3.63) is 247 Å². The number of hydroxylamine groups is 2. The monoisotopic (exact) mass is 2130 g/mol. The fourth-order valence-electron chi connectivity index (χ4n) is 14.2. The van der Waals surface area contributed by atoms with Crippen molar-refractivity contribution in [1.29, 1.82) is 5.26 Å². The van der Waals surface area contributed by atoms with E-state index in [1.54, 1.807) is 29.8 Å². The summed E-state index contributed by atoms with van der Waals surface area (Å²) in [6, 6.07) is 38.4. The minimum atomic E-state index is -0.318. The lowest BCUT2D eigenvalue weighted by atomic mass is 10.1. The van der Waals surface area contributed by atoms with Gasteiger partial charge in [0, 0.05) is 162 Å². The molecule has 642 valence electrons. The molecule has 3 N–H and O–H groups in total. The highest BCUT2D eigenvalue weighted by atomic mass is 79.9. The third-order valence-corrected chi connectivity index (χ3v) is 25.6. The van der Waals surface area contributed by atoms with Crippen molar-refractivity contribution in [2.75, 3.05) is 31.8 Å². The number of nitro groups is 1. The first-order valence-corrected chi connectivity index (χ1v) is 47.0. The first-order chi connectivity index (χ1) is 58.7. The number of halogens is 8. The number of carbonyl (C=O) groups excluding carboxylic acids is 2. The summed E-state index contributed by atoms with van der Waals surface area (Å²) in [4.78, 5) is 58.3. The van der Waals surface area contributed by atoms with Crippen LogP contribution < -0.4 is 10.6 Å². The van der Waals surface area contributed by atoms with Gasteiger partial charge in [-0.15, -0.1) is 0 Å². The Bertz CT molecular complexity index is 6100. The lowest BCUT2D eigenvalue weighted by molar-refractivity contribution is -0.383. The van der Waals surface area contributed by atoms with Crippen LogP contribution >= 0.6 is 123 Å². The molecule has 33 heteroatoms. The summed E-state index contributed by atoms with van der Waals surface area (Å²) < 4.78 is 28.1. The Labute approximate surface area is 776 Å². The fourth-order valence-corrected chi connectivity index (χ4v) is 19.1. The third kappa shape index (κ3) is 24.4. The summed E-state index contributed by atoms with van der Waals surface area (Å²) in [6.07, 6.45) is 17.0. The van der Waals surface area contributed by atoms with Gasteiger partial charge >= 0.3 is 5.69 Å². The number of aromatic nitrogens is 12. The van der Waals surface area contributed by atoms with Gasteiger partial charge in [0.25, 0.3) is 0 Å². The molecule has 1 aromatic carbocycles. The lowest BCUT2D eigenvalue weighted by Gasteiger charge is -2.16. The molecule has 0 radical (unpaired) electrons. The first kappa shape index (κ1) is 92.1. The molecule has 0 spiro atoms. The molecule has 24 nitrogen and oxygen atoms in total. The number of pyridine rings is 7. The third-order valence-electron chi connectivity index (χ3n) is 21.4. The number of nitrogens with two attached hydrogens (primary N) is 1. The van der Waals surface area contributed by atoms with E-state index in [0.29, 0.717) is 69.2 Å². The number of nitrogens with zero attached hydrogens (tertiary/aromatic N) is 17. The van der Waals surface area contributed by atoms with Gasteiger partial charge in [-0.05, 0) is 261 Å². The molecule has 0 saturated heterocycles. The van der Waals surface area contributed by atoms with Crippen LogP contribution in [0.4, 0.5) is 26.6 Å². The molecule has 1 amide bonds. The molecule has 123 heavy (non-hydrogen) atoms. The number of Topliss-reactive ketones (excluding diaryl/α,β-unsaturated/α-hetero) is 1. The number of oxime groups is 1. The SMILES string of the molecule is CON(C)C(=O)C1CC1.Cc1cc(Br)cc(C)n1.Cc1cc(Br)cc(CC(=NO)C2CC2)n1.Cc1cc(Br)cc(CC(=O)C2CC2)n1.Cc1cc(Br)cc2c(N(C)c3nc(-c4ccc(F)cc4)c(C#N)s3)c(C3CC3)nn12.Cc1cc(Br)cc2c(N)c(C3CC3)nn12.Cc1cc(Br)cc2c([N+](=O)[O-])c(C3CC3)nn12.Cc1cc(Br)cc2cc(C3CC3)nn12. The summed E-state index contributed by atoms with van der Waals surface area (Å²) in [7, 11) is 5.11. The number of anilines is 3. The van der Waals surface area contributed by atoms with Crippen molar-refractivity contribution in [2.24, 2.45) is 22.9 Å². The second-order valence-corrected chi connectivity index (χ2v) is 39.6. The Morgan fingerprint density at radius 2 is 0.992 bits per heavy atom. The molecule has 20 rings (SSSR count). The number of nitriles is 1. The Morgan fingerprint density at radius 1 is 0.553 bits per heavy atom. The summed E-state index contributed by atoms with van der Waals surface area (Å²) in [6.45, 7) is 15.9. The Hall–Kier alpha value is -8.59. The van der Waals surface area contributed by atoms with Crippen molar-refractivity contribution >= 4 is 185 Å². The van der Waals surface area contributed by atoms with Crippen LogP contribution in [0.25, 0.3) is 33.3 Å². The minimum absolute atomic E-state index is 0.109. The lowest BCUT2D eigenvalue weighted by Crippen LogP contribution is -2.26. The van der Waals surface area contributed by atoms with E-state index < -0.39 is 0 Å². The predicted octanol–water partition coefficient (Wildman–Crippen LogP) is 24.0. The zero-order valence-electron chi connectivity index (χ0n) is 69.9. The van der Waals surface area contributed by atoms with E-state index in [9.17, 15) is 29.4 Å². The van der Waals surface area contributed by atoms with Gasteiger partial charge in [0.05, 0.1) is 62.8 Å². The quantitative estimate of drug-likeness (QED) is 0.0393. The Balaban J connectivity index is 0.000000125. The number of ketones is 1. The summed E-state index contributed by atoms with van der Waals surface area (Å²) >= 11 is 25.5. The number of nitrogen functional groups attached to an aromatic ring is 1. The van der Waals surface area contributed by atoms with Gasteiger partial charge in [-0.25, -0.2) is 32.5 Å². The molecular formula is C90H94Br7FN18O6S. The van der Waals surface area contributed by atoms with E-state index >= 15 is 0 Å². The standard InChI is InChI=1S/C22H17BrFN5S.C11H10BrN3O2.C11H12BrN3.C11H13BrN2O.C11H11BrN2.C11H12BrNO.C7H8BrN.C6H11NO2/c1-12-9-15(23)10-17-21(20(14-3-4-14)27-29(12)17)28(2)22-26-19(18(11-25)30-22)13-5-7-16(24)8-6-13;1-6-4-8(12)5-9-11(15(16)17)10(7-2-3-7)13-14(6)9;1-6-4-8(12)5-9-10(13)11(7-2-3-7)14-15(6)9;1-7-4-9(12)5-10(13-7)6-11(14-15)8-2-3-8;1-7-4-9(12)5-10-6-11(8-2-3-8)13-14(7)10;1-7-4-9(12)5-10(13-7)6-11(14)8-2-3-8;1-5-3-7(8)4-6(2)9-5;1-7(9-2)6(8)5-3-4-5/h5-10,14H,3-4H2,1-2H3;4-5,7H,2-3H2,1H3;4-5,7H,2-3,13H2,1H3;4-5,8,15H,2-3,6H2,1H3;4-6,8H,2-3H2,1H3;4-5,8H,2-3,6H2,1H3;3-4H,1-2H3;5H,3-4H2,1-2H3. The number of hydrogen-bond acceptors (Lipinski definition) is 19. The van der Waals surface area contributed by atoms with Crippen LogP contribution in [0.2, 0.25) is 0 Å². The van der Waals surface area contributed by atoms with Gasteiger partial charge in [-0.2, -0.15) is 25.7 Å². The van der Waals surface area contributed by atoms with Gasteiger partial charge in [-0.1, -0.05) is 128 Å². The van der Waals surface area contributed by atoms with Crippen molar-refractivity contribution in [3.8, 4) is 17.3 Å². The van der Waals surface area contributed by atoms with E-state index in [0.717, 1.165) is 198 Å². The number of rotatable bonds is 16. The second-order valence-electron chi connectivity index (χ2n) is 32.2. The van der Waals surface area contributed by atoms with Crippen LogP contribution in [0, 0.1) is 100 Å². The first-order valence-electron chi connectivity index (χ1n) is 40.7. The number of amides is 1. The van der Waals surface area contributed by atoms with E-state index in [-0.39, 0.29) is 34.2 Å². The molecule has 0 unspecified atom stereocenters. The average molecular weight is 2130 g/mol. The van der Waals surface area contributed by atoms with Crippen molar-refractivity contribution in [2.45, 2.75) is 182 Å². The Morgan fingerprint density at radius 3 is 1.48 bits per heavy atom. The Kier molecular flexibility index (Phi) is 30.2. The molecule has 7 fully saturated rings. The van der Waals surface area contributed by atoms with Crippen LogP contribution in [0.1, 0.15) is 198 Å². The number of thiazole rings is 1. The van der Waals surface area contributed by atoms with Crippen LogP contribution in [0.15, 0.2) is 152 Å². The van der Waals surface area contributed by atoms with E-state index in [1.807, 2.05) is 129 Å². The highest BCUT2D eigenvalue weighted by Crippen LogP contribution is 2.50. The topological polar surface area (TPSA) is 296 Å². The second kappa shape index (κ2) is 40.4. The zero-order chi connectivity index (χ0) is 88.1. The van der Waals surface area contributed by atoms with Gasteiger partial charge in [0.15, 0.2) is 5.13 Å². The molecule has 13 aromatic rings. The minimum Gasteiger partial charge on any atom is -0.411 e. The number of carbonyl (C=O) groups is 2. The van der Waals surface area contributed by atoms with Crippen molar-refractivity contribution in [1.82, 2.24) is 63.5 Å². The van der Waals surface area contributed by atoms with E-state index in [2.05, 4.69) is 190 Å². The van der Waals surface area contributed by atoms with Crippen molar-refractivity contribution < 1.29 is 28.9 Å². The predicted molar refractivity (Wildman–Crippen MR) is 504 cm³/mol. The maximum atomic E-state index is 13.3. The maximum Gasteiger partial charge on any atom is 0.318 e. The zero-order valence-corrected chi connectivity index (χ0v) is 81.8. The number of hydrogen-bond donors (Lipinski definition) is 2. The highest BCUT2D eigenvalue weighted by molar-refractivity contribution is 9.11. The molecule has 12 heterocycles. The molecular weight excluding hydrogens is 2040 g/mol. The summed E-state index contributed by atoms with van der Waals surface area (Å²) in [5, 5.41) is 53.6. The van der Waals surface area contributed by atoms with Crippen molar-refractivity contribution in [3.63, 3.8) is 0 Å². The summed E-state index contributed by atoms with van der Waals surface area (Å²) in [5.74, 6) is 3.26. The highest BCUT2D eigenvalue weighted by Gasteiger charge is 2.38. The van der Waals surface area contributed by atoms with Crippen LogP contribution in [-0.4, -0.2) is 112 Å². The number of fused-ring (bicyclic) bond motifs is 4. The van der Waals surface area contributed by atoms with Gasteiger partial charge < -0.3 is 15.8 Å². The van der Waals surface area contributed by atoms with Gasteiger partial charge in [-0.3, -0.25) is 39.5 Å². The normalized spacial score (nSPS) is 15.1. The van der Waals surface area contributed by atoms with E-state index in [1.165, 1.54) is 78.2 Å². The molecule has 12 aromatic heterocycles. The molecule has 7 saturated carbocycles. The molecule has 7 aliphatic rings. The maximum absolute atomic E-state index is 13.3. The van der Waals surface area contributed by atoms with Gasteiger partial charge in [0.2, 0.25) is 5.91 Å². The molecule has 0 bridgehead atoms. The van der Waals surface area contributed by atoms with E-state index in [4.69, 9.17) is 25.9 Å². The largest absolute Gasteiger partial charge is 0.411 e. The number of aryl methyl sites for hydroxylation is 8. The summed E-state index contributed by atoms with van der Waals surface area (Å²) in [5.41, 5.74) is 28.3. The van der Waals surface area contributed by atoms with Crippen LogP contribution in [0.5, 0.6) is 0 Å². The van der Waals surface area contributed by atoms with Gasteiger partial charge in [0.1, 0.15) is 39.5 Å². The van der Waals surface area contributed by atoms with Crippen LogP contribution in [0.3, 0.4) is 0 Å². The smallest absolute Gasteiger partial charge is 0.318 e. The number of benzene rings is 1. The molecule has 0 atom stereocenters. The van der Waals surface area contributed by atoms with Crippen LogP contribution in [-0.2, 0) is 27.3 Å². The molecule has 7 aliphatic carbocycles.